The Bertz CT molecular complexity index is 474. The van der Waals surface area contributed by atoms with Crippen molar-refractivity contribution in [1.82, 2.24) is 5.32 Å². The molecule has 4 nitrogen and oxygen atoms in total. The van der Waals surface area contributed by atoms with Gasteiger partial charge >= 0.3 is 5.97 Å². The van der Waals surface area contributed by atoms with Gasteiger partial charge in [-0.1, -0.05) is 32.0 Å². The van der Waals surface area contributed by atoms with Crippen LogP contribution in [0.1, 0.15) is 25.8 Å². The molecule has 0 aliphatic heterocycles. The van der Waals surface area contributed by atoms with Gasteiger partial charge in [0, 0.05) is 0 Å². The van der Waals surface area contributed by atoms with Crippen LogP contribution in [0.4, 0.5) is 4.39 Å². The number of benzene rings is 1. The highest BCUT2D eigenvalue weighted by molar-refractivity contribution is 5.85. The van der Waals surface area contributed by atoms with Crippen LogP contribution < -0.4 is 5.32 Å². The van der Waals surface area contributed by atoms with E-state index in [1.54, 1.807) is 18.2 Å². The Morgan fingerprint density at radius 3 is 2.50 bits per heavy atom. The summed E-state index contributed by atoms with van der Waals surface area (Å²) in [6.07, 6.45) is 0.383. The molecule has 0 unspecified atom stereocenters. The average Bonchev–Trinajstić information content (AvgIpc) is 2.39. The van der Waals surface area contributed by atoms with Gasteiger partial charge in [-0.2, -0.15) is 0 Å². The van der Waals surface area contributed by atoms with Crippen molar-refractivity contribution >= 4 is 11.9 Å². The van der Waals surface area contributed by atoms with E-state index in [1.807, 2.05) is 13.8 Å². The summed E-state index contributed by atoms with van der Waals surface area (Å²) in [6.45, 7) is 3.89. The van der Waals surface area contributed by atoms with E-state index in [9.17, 15) is 14.0 Å². The molecule has 0 heterocycles. The molecule has 0 aromatic heterocycles. The van der Waals surface area contributed by atoms with Gasteiger partial charge in [0.05, 0.1) is 13.5 Å². The summed E-state index contributed by atoms with van der Waals surface area (Å²) in [4.78, 5) is 23.5. The summed E-state index contributed by atoms with van der Waals surface area (Å²) in [5.41, 5.74) is 0.304. The molecule has 0 aliphatic carbocycles. The fourth-order valence-corrected chi connectivity index (χ4v) is 1.89. The molecular formula is C15H20FNO3. The van der Waals surface area contributed by atoms with Gasteiger partial charge in [-0.05, 0) is 24.0 Å². The van der Waals surface area contributed by atoms with Crippen LogP contribution in [-0.2, 0) is 20.7 Å². The second-order valence-corrected chi connectivity index (χ2v) is 5.04. The Kier molecular flexibility index (Phi) is 6.15. The maximum Gasteiger partial charge on any atom is 0.328 e. The summed E-state index contributed by atoms with van der Waals surface area (Å²) >= 11 is 0. The van der Waals surface area contributed by atoms with E-state index in [2.05, 4.69) is 10.1 Å². The second-order valence-electron chi connectivity index (χ2n) is 5.04. The summed E-state index contributed by atoms with van der Waals surface area (Å²) in [6, 6.07) is 5.38. The van der Waals surface area contributed by atoms with E-state index in [1.165, 1.54) is 13.2 Å². The Labute approximate surface area is 118 Å². The van der Waals surface area contributed by atoms with Crippen molar-refractivity contribution in [1.29, 1.82) is 0 Å². The van der Waals surface area contributed by atoms with E-state index in [-0.39, 0.29) is 12.3 Å². The number of hydrogen-bond acceptors (Lipinski definition) is 3. The van der Waals surface area contributed by atoms with Crippen molar-refractivity contribution in [3.05, 3.63) is 35.6 Å². The van der Waals surface area contributed by atoms with Crippen molar-refractivity contribution in [2.45, 2.75) is 32.7 Å². The summed E-state index contributed by atoms with van der Waals surface area (Å²) in [5.74, 6) is -1.08. The normalized spacial score (nSPS) is 12.1. The van der Waals surface area contributed by atoms with E-state index >= 15 is 0 Å². The smallest absolute Gasteiger partial charge is 0.328 e. The predicted molar refractivity (Wildman–Crippen MR) is 73.5 cm³/mol. The van der Waals surface area contributed by atoms with Crippen LogP contribution >= 0.6 is 0 Å². The number of halogens is 1. The number of carbonyl (C=O) groups is 2. The lowest BCUT2D eigenvalue weighted by atomic mass is 10.0. The molecule has 1 aromatic carbocycles. The third-order valence-electron chi connectivity index (χ3n) is 2.84. The van der Waals surface area contributed by atoms with Crippen LogP contribution in [0.3, 0.4) is 0 Å². The molecule has 0 radical (unpaired) electrons. The first-order chi connectivity index (χ1) is 9.43. The fraction of sp³-hybridized carbons (Fsp3) is 0.467. The first-order valence-corrected chi connectivity index (χ1v) is 6.54. The lowest BCUT2D eigenvalue weighted by Gasteiger charge is -2.18. The van der Waals surface area contributed by atoms with Gasteiger partial charge < -0.3 is 10.1 Å². The zero-order chi connectivity index (χ0) is 15.1. The maximum absolute atomic E-state index is 13.5. The number of methoxy groups -OCH3 is 1. The third-order valence-corrected chi connectivity index (χ3v) is 2.84. The Morgan fingerprint density at radius 2 is 1.95 bits per heavy atom. The minimum Gasteiger partial charge on any atom is -0.467 e. The van der Waals surface area contributed by atoms with Gasteiger partial charge in [0.15, 0.2) is 0 Å². The van der Waals surface area contributed by atoms with Gasteiger partial charge in [-0.15, -0.1) is 0 Å². The molecule has 0 spiro atoms. The predicted octanol–water partition coefficient (Wildman–Crippen LogP) is 2.07. The molecule has 1 amide bonds. The maximum atomic E-state index is 13.5. The zero-order valence-corrected chi connectivity index (χ0v) is 12.0. The van der Waals surface area contributed by atoms with Crippen LogP contribution in [-0.4, -0.2) is 25.0 Å². The van der Waals surface area contributed by atoms with Crippen LogP contribution in [0.5, 0.6) is 0 Å². The lowest BCUT2D eigenvalue weighted by Crippen LogP contribution is -2.43. The highest BCUT2D eigenvalue weighted by Crippen LogP contribution is 2.09. The molecule has 0 fully saturated rings. The van der Waals surface area contributed by atoms with E-state index in [0.29, 0.717) is 12.0 Å². The number of nitrogens with one attached hydrogen (secondary N) is 1. The Hall–Kier alpha value is -1.91. The quantitative estimate of drug-likeness (QED) is 0.812. The van der Waals surface area contributed by atoms with E-state index < -0.39 is 23.7 Å². The zero-order valence-electron chi connectivity index (χ0n) is 12.0. The number of rotatable bonds is 6. The van der Waals surface area contributed by atoms with Crippen LogP contribution in [0, 0.1) is 11.7 Å². The Balaban J connectivity index is 2.66. The highest BCUT2D eigenvalue weighted by Gasteiger charge is 2.22. The summed E-state index contributed by atoms with van der Waals surface area (Å²) in [5, 5.41) is 2.59. The average molecular weight is 281 g/mol. The molecule has 1 rings (SSSR count). The Morgan fingerprint density at radius 1 is 1.30 bits per heavy atom. The molecule has 20 heavy (non-hydrogen) atoms. The third kappa shape index (κ3) is 4.99. The SMILES string of the molecule is COC(=O)[C@H](CC(C)C)NC(=O)Cc1ccccc1F. The largest absolute Gasteiger partial charge is 0.467 e. The van der Waals surface area contributed by atoms with Crippen LogP contribution in [0.15, 0.2) is 24.3 Å². The second kappa shape index (κ2) is 7.62. The lowest BCUT2D eigenvalue weighted by molar-refractivity contribution is -0.145. The van der Waals surface area contributed by atoms with E-state index in [4.69, 9.17) is 0 Å². The summed E-state index contributed by atoms with van der Waals surface area (Å²) in [7, 11) is 1.28. The number of carbonyl (C=O) groups excluding carboxylic acids is 2. The first-order valence-electron chi connectivity index (χ1n) is 6.54. The molecule has 0 saturated carbocycles. The fourth-order valence-electron chi connectivity index (χ4n) is 1.89. The molecule has 0 aliphatic rings. The van der Waals surface area contributed by atoms with Gasteiger partial charge in [-0.3, -0.25) is 4.79 Å². The molecule has 1 atom stereocenters. The van der Waals surface area contributed by atoms with Crippen molar-refractivity contribution in [3.63, 3.8) is 0 Å². The van der Waals surface area contributed by atoms with Gasteiger partial charge in [0.1, 0.15) is 11.9 Å². The minimum absolute atomic E-state index is 0.0989. The standard InChI is InChI=1S/C15H20FNO3/c1-10(2)8-13(15(19)20-3)17-14(18)9-11-6-4-5-7-12(11)16/h4-7,10,13H,8-9H2,1-3H3,(H,17,18)/t13-/m0/s1. The molecule has 1 N–H and O–H groups in total. The molecule has 0 bridgehead atoms. The highest BCUT2D eigenvalue weighted by atomic mass is 19.1. The van der Waals surface area contributed by atoms with E-state index in [0.717, 1.165) is 0 Å². The van der Waals surface area contributed by atoms with Gasteiger partial charge in [0.2, 0.25) is 5.91 Å². The van der Waals surface area contributed by atoms with Crippen molar-refractivity contribution in [3.8, 4) is 0 Å². The number of amides is 1. The van der Waals surface area contributed by atoms with Crippen molar-refractivity contribution in [2.24, 2.45) is 5.92 Å². The van der Waals surface area contributed by atoms with Crippen molar-refractivity contribution in [2.75, 3.05) is 7.11 Å². The molecule has 1 aromatic rings. The molecular weight excluding hydrogens is 261 g/mol. The summed E-state index contributed by atoms with van der Waals surface area (Å²) < 4.78 is 18.1. The minimum atomic E-state index is -0.695. The number of ether oxygens (including phenoxy) is 1. The molecule has 110 valence electrons. The van der Waals surface area contributed by atoms with Crippen molar-refractivity contribution < 1.29 is 18.7 Å². The van der Waals surface area contributed by atoms with Crippen LogP contribution in [0.25, 0.3) is 0 Å². The number of hydrogen-bond donors (Lipinski definition) is 1. The topological polar surface area (TPSA) is 55.4 Å². The van der Waals surface area contributed by atoms with Gasteiger partial charge in [0.25, 0.3) is 0 Å². The molecule has 0 saturated heterocycles. The molecule has 5 heteroatoms. The number of esters is 1. The van der Waals surface area contributed by atoms with Crippen LogP contribution in [0.2, 0.25) is 0 Å². The van der Waals surface area contributed by atoms with Gasteiger partial charge in [-0.25, -0.2) is 9.18 Å². The monoisotopic (exact) mass is 281 g/mol. The first kappa shape index (κ1) is 16.1.